The van der Waals surface area contributed by atoms with Gasteiger partial charge in [-0.05, 0) is 43.5 Å². The van der Waals surface area contributed by atoms with Gasteiger partial charge in [-0.25, -0.2) is 14.4 Å². The summed E-state index contributed by atoms with van der Waals surface area (Å²) in [6.07, 6.45) is -1.52. The first kappa shape index (κ1) is 24.2. The van der Waals surface area contributed by atoms with Crippen LogP contribution in [0.15, 0.2) is 24.4 Å². The zero-order chi connectivity index (χ0) is 26.4. The molecule has 0 radical (unpaired) electrons. The van der Waals surface area contributed by atoms with E-state index in [4.69, 9.17) is 16.3 Å². The fraction of sp³-hybridized carbons (Fsp3) is 0.520. The fourth-order valence-corrected chi connectivity index (χ4v) is 6.53. The number of fused-ring (bicyclic) bond motifs is 3. The summed E-state index contributed by atoms with van der Waals surface area (Å²) in [6.45, 7) is 2.40. The molecule has 2 saturated heterocycles. The average molecular weight is 550 g/mol. The van der Waals surface area contributed by atoms with E-state index in [1.54, 1.807) is 19.1 Å². The predicted molar refractivity (Wildman–Crippen MR) is 129 cm³/mol. The topological polar surface area (TPSA) is 72.2 Å². The number of aryl methyl sites for hydroxylation is 1. The summed E-state index contributed by atoms with van der Waals surface area (Å²) in [4.78, 5) is 11.8. The van der Waals surface area contributed by atoms with Gasteiger partial charge in [0.1, 0.15) is 5.82 Å². The molecule has 13 heteroatoms. The van der Waals surface area contributed by atoms with Crippen LogP contribution in [0.4, 0.5) is 23.5 Å². The number of alkyl halides is 3. The Morgan fingerprint density at radius 2 is 1.87 bits per heavy atom. The second-order valence-corrected chi connectivity index (χ2v) is 11.5. The van der Waals surface area contributed by atoms with E-state index < -0.39 is 30.7 Å². The van der Waals surface area contributed by atoms with Gasteiger partial charge in [0.2, 0.25) is 5.95 Å². The summed E-state index contributed by atoms with van der Waals surface area (Å²) in [6, 6.07) is 5.30. The Hall–Kier alpha value is -2.83. The van der Waals surface area contributed by atoms with Gasteiger partial charge in [0.05, 0.1) is 37.3 Å². The second kappa shape index (κ2) is 8.09. The van der Waals surface area contributed by atoms with Crippen molar-refractivity contribution in [2.75, 3.05) is 31.2 Å². The van der Waals surface area contributed by atoms with E-state index in [1.807, 2.05) is 15.5 Å². The third-order valence-electron chi connectivity index (χ3n) is 8.51. The van der Waals surface area contributed by atoms with Crippen LogP contribution in [0.2, 0.25) is 5.02 Å². The zero-order valence-electron chi connectivity index (χ0n) is 20.5. The second-order valence-electron chi connectivity index (χ2n) is 11.0. The summed E-state index contributed by atoms with van der Waals surface area (Å²) in [5, 5.41) is 9.33. The van der Waals surface area contributed by atoms with Crippen LogP contribution in [-0.2, 0) is 17.8 Å². The van der Waals surface area contributed by atoms with Crippen LogP contribution in [0.25, 0.3) is 5.69 Å². The monoisotopic (exact) mass is 549 g/mol. The number of nitrogens with zero attached hydrogens (tertiary/aromatic N) is 7. The molecule has 1 spiro atoms. The molecular weight excluding hydrogens is 526 g/mol. The molecule has 3 fully saturated rings. The third kappa shape index (κ3) is 3.49. The Morgan fingerprint density at radius 1 is 1.11 bits per heavy atom. The highest BCUT2D eigenvalue weighted by atomic mass is 35.5. The van der Waals surface area contributed by atoms with E-state index in [2.05, 4.69) is 20.2 Å². The minimum absolute atomic E-state index is 0.00489. The Balaban J connectivity index is 1.16. The van der Waals surface area contributed by atoms with Crippen LogP contribution in [0.5, 0.6) is 0 Å². The number of anilines is 1. The van der Waals surface area contributed by atoms with Crippen molar-refractivity contribution in [3.8, 4) is 5.69 Å². The van der Waals surface area contributed by atoms with Gasteiger partial charge in [-0.2, -0.15) is 13.2 Å². The van der Waals surface area contributed by atoms with Gasteiger partial charge in [-0.3, -0.25) is 9.47 Å². The lowest BCUT2D eigenvalue weighted by molar-refractivity contribution is -0.310. The van der Waals surface area contributed by atoms with Crippen molar-refractivity contribution in [2.45, 2.75) is 50.5 Å². The number of hydrogen-bond donors (Lipinski definition) is 0. The van der Waals surface area contributed by atoms with Crippen molar-refractivity contribution in [3.05, 3.63) is 58.1 Å². The lowest BCUT2D eigenvalue weighted by Crippen LogP contribution is -2.69. The first-order valence-electron chi connectivity index (χ1n) is 12.4. The van der Waals surface area contributed by atoms with E-state index in [9.17, 15) is 17.6 Å². The SMILES string of the molecule is Cc1nc(N2CC3(CC(c4nnc5n4-c4ccc(Cl)cc4CN(C4(C(F)(F)F)COC4)C5)C3)C2)ncc1F. The summed E-state index contributed by atoms with van der Waals surface area (Å²) < 4.78 is 63.2. The number of rotatable bonds is 3. The minimum atomic E-state index is -4.45. The Kier molecular flexibility index (Phi) is 5.16. The van der Waals surface area contributed by atoms with Crippen molar-refractivity contribution in [2.24, 2.45) is 5.41 Å². The van der Waals surface area contributed by atoms with E-state index in [1.165, 1.54) is 11.1 Å². The molecule has 0 unspecified atom stereocenters. The molecule has 2 aromatic heterocycles. The Labute approximate surface area is 220 Å². The first-order valence-corrected chi connectivity index (χ1v) is 12.8. The third-order valence-corrected chi connectivity index (χ3v) is 8.75. The molecule has 1 aromatic carbocycles. The fourth-order valence-electron chi connectivity index (χ4n) is 6.34. The Morgan fingerprint density at radius 3 is 2.53 bits per heavy atom. The first-order chi connectivity index (χ1) is 18.1. The molecule has 3 aliphatic heterocycles. The average Bonchev–Trinajstić information content (AvgIpc) is 3.08. The Bertz CT molecular complexity index is 1430. The van der Waals surface area contributed by atoms with Gasteiger partial charge < -0.3 is 9.64 Å². The molecule has 7 rings (SSSR count). The quantitative estimate of drug-likeness (QED) is 0.454. The van der Waals surface area contributed by atoms with Crippen LogP contribution < -0.4 is 4.90 Å². The molecule has 4 aliphatic rings. The van der Waals surface area contributed by atoms with Gasteiger partial charge in [-0.1, -0.05) is 11.6 Å². The standard InChI is InChI=1S/C25H24ClF4N7O/c1-14-18(27)7-31-22(32-14)35-10-23(11-35)5-16(6-23)21-34-33-20-9-36(24(12-38-13-24)25(28,29)30)8-15-4-17(26)2-3-19(15)37(20)21/h2-4,7,16H,5-6,8-13H2,1H3. The highest BCUT2D eigenvalue weighted by Crippen LogP contribution is 2.56. The maximum absolute atomic E-state index is 14.2. The predicted octanol–water partition coefficient (Wildman–Crippen LogP) is 4.19. The molecule has 0 amide bonds. The van der Waals surface area contributed by atoms with Crippen molar-refractivity contribution >= 4 is 17.5 Å². The highest BCUT2D eigenvalue weighted by molar-refractivity contribution is 6.30. The maximum Gasteiger partial charge on any atom is 0.411 e. The molecule has 5 heterocycles. The lowest BCUT2D eigenvalue weighted by atomic mass is 9.57. The summed E-state index contributed by atoms with van der Waals surface area (Å²) in [7, 11) is 0. The number of ether oxygens (including phenoxy) is 1. The van der Waals surface area contributed by atoms with Gasteiger partial charge >= 0.3 is 6.18 Å². The minimum Gasteiger partial charge on any atom is -0.377 e. The lowest BCUT2D eigenvalue weighted by Gasteiger charge is -2.58. The van der Waals surface area contributed by atoms with Crippen LogP contribution in [0.3, 0.4) is 0 Å². The van der Waals surface area contributed by atoms with E-state index >= 15 is 0 Å². The molecule has 1 aliphatic carbocycles. The molecule has 1 saturated carbocycles. The molecule has 0 atom stereocenters. The molecule has 200 valence electrons. The number of halogens is 5. The normalized spacial score (nSPS) is 22.2. The van der Waals surface area contributed by atoms with Gasteiger partial charge in [-0.15, -0.1) is 10.2 Å². The van der Waals surface area contributed by atoms with Crippen LogP contribution >= 0.6 is 11.6 Å². The van der Waals surface area contributed by atoms with Crippen molar-refractivity contribution in [3.63, 3.8) is 0 Å². The van der Waals surface area contributed by atoms with Crippen molar-refractivity contribution in [1.82, 2.24) is 29.6 Å². The molecule has 3 aromatic rings. The maximum atomic E-state index is 14.2. The number of hydrogen-bond acceptors (Lipinski definition) is 7. The van der Waals surface area contributed by atoms with Crippen LogP contribution in [0, 0.1) is 18.2 Å². The summed E-state index contributed by atoms with van der Waals surface area (Å²) >= 11 is 6.28. The van der Waals surface area contributed by atoms with Crippen LogP contribution in [-0.4, -0.2) is 67.7 Å². The highest BCUT2D eigenvalue weighted by Gasteiger charge is 2.64. The largest absolute Gasteiger partial charge is 0.411 e. The van der Waals surface area contributed by atoms with Crippen molar-refractivity contribution in [1.29, 1.82) is 0 Å². The van der Waals surface area contributed by atoms with Crippen LogP contribution in [0.1, 0.15) is 41.7 Å². The van der Waals surface area contributed by atoms with Gasteiger partial charge in [0, 0.05) is 36.0 Å². The molecule has 8 nitrogen and oxygen atoms in total. The molecular formula is C25H24ClF4N7O. The summed E-state index contributed by atoms with van der Waals surface area (Å²) in [5.41, 5.74) is -0.199. The zero-order valence-corrected chi connectivity index (χ0v) is 21.2. The van der Waals surface area contributed by atoms with E-state index in [0.717, 1.165) is 37.4 Å². The molecule has 0 N–H and O–H groups in total. The number of aromatic nitrogens is 5. The van der Waals surface area contributed by atoms with Gasteiger partial charge in [0.15, 0.2) is 17.2 Å². The summed E-state index contributed by atoms with van der Waals surface area (Å²) in [5.74, 6) is 1.45. The number of benzene rings is 1. The van der Waals surface area contributed by atoms with Crippen molar-refractivity contribution < 1.29 is 22.3 Å². The van der Waals surface area contributed by atoms with E-state index in [-0.39, 0.29) is 24.4 Å². The van der Waals surface area contributed by atoms with E-state index in [0.29, 0.717) is 28.1 Å². The van der Waals surface area contributed by atoms with Gasteiger partial charge in [0.25, 0.3) is 0 Å². The molecule has 38 heavy (non-hydrogen) atoms. The molecule has 0 bridgehead atoms. The smallest absolute Gasteiger partial charge is 0.377 e.